The molecule has 5 aliphatic rings. The van der Waals surface area contributed by atoms with Gasteiger partial charge in [0.25, 0.3) is 0 Å². The minimum Gasteiger partial charge on any atom is -0.361 e. The standard InChI is InChI=1S/C49H48N2/c1-35-12-8-9-17-45(35)40-22-20-37(21-23-40)39-26-30-43(31-27-39)51-48-19-11-10-18-46(48)47-33-32-44(34-49(47)51)50(41-15-6-3-7-16-41)42-28-24-38(25-29-42)36-13-4-2-5-14-36/h2-9,12-15,17-22,24,26-27,30-35,40-42,45H,10-11,16,23,25,28-29H2,1H3. The van der Waals surface area contributed by atoms with Gasteiger partial charge in [-0.1, -0.05) is 141 Å². The van der Waals surface area contributed by atoms with Crippen LogP contribution in [0, 0.1) is 17.8 Å². The van der Waals surface area contributed by atoms with E-state index in [1.54, 1.807) is 0 Å². The summed E-state index contributed by atoms with van der Waals surface area (Å²) in [5.74, 6) is 1.74. The number of fused-ring (bicyclic) bond motifs is 3. The number of allylic oxidation sites excluding steroid dienone is 11. The van der Waals surface area contributed by atoms with Crippen LogP contribution in [-0.4, -0.2) is 16.7 Å². The van der Waals surface area contributed by atoms with Crippen molar-refractivity contribution in [3.05, 3.63) is 167 Å². The molecule has 5 aliphatic carbocycles. The van der Waals surface area contributed by atoms with Crippen molar-refractivity contribution < 1.29 is 0 Å². The van der Waals surface area contributed by atoms with Gasteiger partial charge in [-0.3, -0.25) is 0 Å². The van der Waals surface area contributed by atoms with Gasteiger partial charge in [0.05, 0.1) is 11.6 Å². The van der Waals surface area contributed by atoms with Gasteiger partial charge in [0, 0.05) is 33.4 Å². The average molecular weight is 665 g/mol. The quantitative estimate of drug-likeness (QED) is 0.191. The van der Waals surface area contributed by atoms with Gasteiger partial charge >= 0.3 is 0 Å². The Hall–Kier alpha value is -5.08. The summed E-state index contributed by atoms with van der Waals surface area (Å²) < 4.78 is 2.53. The molecule has 2 heteroatoms. The minimum absolute atomic E-state index is 0.352. The third kappa shape index (κ3) is 6.16. The van der Waals surface area contributed by atoms with E-state index < -0.39 is 0 Å². The largest absolute Gasteiger partial charge is 0.361 e. The second kappa shape index (κ2) is 13.9. The topological polar surface area (TPSA) is 8.17 Å². The van der Waals surface area contributed by atoms with Crippen LogP contribution in [0.5, 0.6) is 0 Å². The molecule has 0 radical (unpaired) electrons. The smallest absolute Gasteiger partial charge is 0.0561 e. The van der Waals surface area contributed by atoms with Crippen LogP contribution >= 0.6 is 0 Å². The number of anilines is 1. The van der Waals surface area contributed by atoms with E-state index in [4.69, 9.17) is 0 Å². The molecule has 4 aromatic rings. The van der Waals surface area contributed by atoms with E-state index in [-0.39, 0.29) is 0 Å². The number of aromatic nitrogens is 1. The maximum atomic E-state index is 2.74. The predicted molar refractivity (Wildman–Crippen MR) is 218 cm³/mol. The van der Waals surface area contributed by atoms with Crippen LogP contribution in [0.15, 0.2) is 146 Å². The Bertz CT molecular complexity index is 2270. The molecular weight excluding hydrogens is 617 g/mol. The highest BCUT2D eigenvalue weighted by Crippen LogP contribution is 2.37. The van der Waals surface area contributed by atoms with Crippen molar-refractivity contribution in [2.24, 2.45) is 17.8 Å². The number of nitrogens with zero attached hydrogens (tertiary/aromatic N) is 2. The summed E-state index contributed by atoms with van der Waals surface area (Å²) >= 11 is 0. The first-order valence-corrected chi connectivity index (χ1v) is 19.3. The molecule has 0 N–H and O–H groups in total. The second-order valence-electron chi connectivity index (χ2n) is 15.0. The highest BCUT2D eigenvalue weighted by Gasteiger charge is 2.28. The SMILES string of the molecule is CC1C=CC=CC1C1C=CC(c2ccc(-n3c4c(c5ccc(N(C6C=CC=CC6)C6CC=C(c7ccccc7)CC6)cc53)=CCCC=4)cc2)=CC1. The van der Waals surface area contributed by atoms with Crippen molar-refractivity contribution in [2.45, 2.75) is 64.0 Å². The van der Waals surface area contributed by atoms with Gasteiger partial charge in [0.15, 0.2) is 0 Å². The summed E-state index contributed by atoms with van der Waals surface area (Å²) in [5.41, 5.74) is 9.36. The minimum atomic E-state index is 0.352. The van der Waals surface area contributed by atoms with Crippen LogP contribution in [0.4, 0.5) is 5.69 Å². The van der Waals surface area contributed by atoms with E-state index in [2.05, 4.69) is 174 Å². The molecule has 0 saturated heterocycles. The van der Waals surface area contributed by atoms with Crippen LogP contribution in [0.2, 0.25) is 0 Å². The first-order valence-electron chi connectivity index (χ1n) is 19.3. The summed E-state index contributed by atoms with van der Waals surface area (Å²) in [5, 5.41) is 4.08. The molecule has 2 nitrogen and oxygen atoms in total. The maximum absolute atomic E-state index is 2.74. The van der Waals surface area contributed by atoms with Gasteiger partial charge in [-0.2, -0.15) is 0 Å². The zero-order chi connectivity index (χ0) is 34.1. The lowest BCUT2D eigenvalue weighted by molar-refractivity contribution is 0.390. The average Bonchev–Trinajstić information content (AvgIpc) is 3.53. The molecule has 0 fully saturated rings. The zero-order valence-corrected chi connectivity index (χ0v) is 29.7. The van der Waals surface area contributed by atoms with Crippen molar-refractivity contribution >= 4 is 39.9 Å². The van der Waals surface area contributed by atoms with E-state index in [0.29, 0.717) is 29.8 Å². The molecule has 1 aromatic heterocycles. The Balaban J connectivity index is 1.05. The number of benzene rings is 3. The molecule has 5 atom stereocenters. The van der Waals surface area contributed by atoms with Crippen LogP contribution in [-0.2, 0) is 0 Å². The first-order chi connectivity index (χ1) is 25.2. The van der Waals surface area contributed by atoms with Gasteiger partial charge in [-0.05, 0) is 109 Å². The van der Waals surface area contributed by atoms with Gasteiger partial charge in [0.2, 0.25) is 0 Å². The summed E-state index contributed by atoms with van der Waals surface area (Å²) in [4.78, 5) is 2.74. The van der Waals surface area contributed by atoms with Gasteiger partial charge in [0.1, 0.15) is 0 Å². The Morgan fingerprint density at radius 1 is 0.706 bits per heavy atom. The van der Waals surface area contributed by atoms with E-state index in [9.17, 15) is 0 Å². The number of hydrogen-bond acceptors (Lipinski definition) is 1. The molecule has 0 spiro atoms. The monoisotopic (exact) mass is 664 g/mol. The lowest BCUT2D eigenvalue weighted by Gasteiger charge is -2.41. The zero-order valence-electron chi connectivity index (χ0n) is 29.7. The van der Waals surface area contributed by atoms with E-state index in [1.165, 1.54) is 55.1 Å². The predicted octanol–water partition coefficient (Wildman–Crippen LogP) is 10.7. The molecule has 3 aromatic carbocycles. The van der Waals surface area contributed by atoms with E-state index in [0.717, 1.165) is 44.9 Å². The van der Waals surface area contributed by atoms with Crippen LogP contribution in [0.3, 0.4) is 0 Å². The highest BCUT2D eigenvalue weighted by molar-refractivity contribution is 5.88. The Kier molecular flexibility index (Phi) is 8.69. The molecule has 1 heterocycles. The summed E-state index contributed by atoms with van der Waals surface area (Å²) in [7, 11) is 0. The Labute approximate surface area is 303 Å². The van der Waals surface area contributed by atoms with E-state index >= 15 is 0 Å². The van der Waals surface area contributed by atoms with E-state index in [1.807, 2.05) is 0 Å². The summed E-state index contributed by atoms with van der Waals surface area (Å²) in [6.07, 6.45) is 40.7. The fourth-order valence-electron chi connectivity index (χ4n) is 9.26. The van der Waals surface area contributed by atoms with Crippen molar-refractivity contribution in [2.75, 3.05) is 4.90 Å². The van der Waals surface area contributed by atoms with Gasteiger partial charge in [-0.25, -0.2) is 0 Å². The highest BCUT2D eigenvalue weighted by atomic mass is 15.2. The summed E-state index contributed by atoms with van der Waals surface area (Å²) in [6, 6.07) is 28.4. The molecule has 0 aliphatic heterocycles. The molecule has 254 valence electrons. The maximum Gasteiger partial charge on any atom is 0.0561 e. The molecule has 0 amide bonds. The number of rotatable bonds is 7. The molecule has 0 bridgehead atoms. The number of hydrogen-bond donors (Lipinski definition) is 0. The molecule has 0 saturated carbocycles. The second-order valence-corrected chi connectivity index (χ2v) is 15.0. The van der Waals surface area contributed by atoms with Gasteiger partial charge in [-0.15, -0.1) is 0 Å². The third-order valence-corrected chi connectivity index (χ3v) is 12.0. The fourth-order valence-corrected chi connectivity index (χ4v) is 9.26. The molecule has 5 unspecified atom stereocenters. The fraction of sp³-hybridized carbons (Fsp3) is 0.265. The molecular formula is C49H48N2. The van der Waals surface area contributed by atoms with Crippen LogP contribution in [0.1, 0.15) is 63.0 Å². The molecule has 51 heavy (non-hydrogen) atoms. The van der Waals surface area contributed by atoms with Crippen LogP contribution in [0.25, 0.3) is 39.9 Å². The van der Waals surface area contributed by atoms with Crippen molar-refractivity contribution in [1.29, 1.82) is 0 Å². The lowest BCUT2D eigenvalue weighted by atomic mass is 9.76. The molecule has 9 rings (SSSR count). The Morgan fingerprint density at radius 2 is 1.55 bits per heavy atom. The van der Waals surface area contributed by atoms with Gasteiger partial charge < -0.3 is 9.47 Å². The van der Waals surface area contributed by atoms with Crippen molar-refractivity contribution in [1.82, 2.24) is 4.57 Å². The normalized spacial score (nSPS) is 25.2. The van der Waals surface area contributed by atoms with Crippen molar-refractivity contribution in [3.8, 4) is 5.69 Å². The Morgan fingerprint density at radius 3 is 2.31 bits per heavy atom. The third-order valence-electron chi connectivity index (χ3n) is 12.0. The van der Waals surface area contributed by atoms with Crippen molar-refractivity contribution in [3.63, 3.8) is 0 Å². The lowest BCUT2D eigenvalue weighted by Crippen LogP contribution is -2.43. The summed E-state index contributed by atoms with van der Waals surface area (Å²) in [6.45, 7) is 2.34. The van der Waals surface area contributed by atoms with Crippen LogP contribution < -0.4 is 15.5 Å². The first kappa shape index (κ1) is 31.9.